The van der Waals surface area contributed by atoms with E-state index in [2.05, 4.69) is 22.0 Å². The number of nitrogens with one attached hydrogen (secondary N) is 1. The maximum atomic E-state index is 3.61. The van der Waals surface area contributed by atoms with Gasteiger partial charge < -0.3 is 10.2 Å². The molecule has 16 heavy (non-hydrogen) atoms. The minimum atomic E-state index is 1.01. The zero-order chi connectivity index (χ0) is 11.1. The summed E-state index contributed by atoms with van der Waals surface area (Å²) >= 11 is 2.13. The second-order valence-electron chi connectivity index (χ2n) is 5.14. The van der Waals surface area contributed by atoms with Crippen molar-refractivity contribution >= 4 is 11.8 Å². The predicted molar refractivity (Wildman–Crippen MR) is 73.2 cm³/mol. The molecule has 0 aromatic carbocycles. The van der Waals surface area contributed by atoms with Gasteiger partial charge in [-0.3, -0.25) is 0 Å². The Labute approximate surface area is 105 Å². The molecule has 0 atom stereocenters. The SMILES string of the molecule is C1CCN(CCNCCC2CCSCC2)C1. The molecular formula is C13H26N2S. The Hall–Kier alpha value is 0.270. The largest absolute Gasteiger partial charge is 0.315 e. The average Bonchev–Trinajstić information content (AvgIpc) is 2.83. The van der Waals surface area contributed by atoms with E-state index in [1.165, 1.54) is 76.3 Å². The smallest absolute Gasteiger partial charge is 0.0107 e. The van der Waals surface area contributed by atoms with Crippen molar-refractivity contribution < 1.29 is 0 Å². The Morgan fingerprint density at radius 3 is 2.56 bits per heavy atom. The number of rotatable bonds is 6. The summed E-state index contributed by atoms with van der Waals surface area (Å²) in [5.41, 5.74) is 0. The Kier molecular flexibility index (Phi) is 6.02. The van der Waals surface area contributed by atoms with Gasteiger partial charge in [-0.1, -0.05) is 0 Å². The first-order valence-electron chi connectivity index (χ1n) is 6.96. The van der Waals surface area contributed by atoms with Gasteiger partial charge in [-0.2, -0.15) is 11.8 Å². The van der Waals surface area contributed by atoms with Gasteiger partial charge in [0.25, 0.3) is 0 Å². The van der Waals surface area contributed by atoms with E-state index in [0.717, 1.165) is 5.92 Å². The fourth-order valence-electron chi connectivity index (χ4n) is 2.71. The summed E-state index contributed by atoms with van der Waals surface area (Å²) in [7, 11) is 0. The van der Waals surface area contributed by atoms with Gasteiger partial charge in [-0.05, 0) is 69.2 Å². The molecule has 94 valence electrons. The quantitative estimate of drug-likeness (QED) is 0.719. The highest BCUT2D eigenvalue weighted by Crippen LogP contribution is 2.24. The van der Waals surface area contributed by atoms with Crippen LogP contribution in [-0.4, -0.2) is 49.1 Å². The second kappa shape index (κ2) is 7.57. The molecule has 0 spiro atoms. The molecule has 0 radical (unpaired) electrons. The Balaban J connectivity index is 1.42. The standard InChI is InChI=1S/C13H26N2S/c1-2-9-15(8-1)10-7-14-6-3-13-4-11-16-12-5-13/h13-14H,1-12H2. The van der Waals surface area contributed by atoms with Crippen molar-refractivity contribution in [2.24, 2.45) is 5.92 Å². The fourth-order valence-corrected chi connectivity index (χ4v) is 3.91. The van der Waals surface area contributed by atoms with E-state index in [1.54, 1.807) is 0 Å². The third kappa shape index (κ3) is 4.64. The lowest BCUT2D eigenvalue weighted by Gasteiger charge is -2.21. The van der Waals surface area contributed by atoms with Crippen LogP contribution in [0.15, 0.2) is 0 Å². The lowest BCUT2D eigenvalue weighted by atomic mass is 9.99. The highest BCUT2D eigenvalue weighted by atomic mass is 32.2. The molecule has 0 aromatic heterocycles. The van der Waals surface area contributed by atoms with Crippen LogP contribution in [0.5, 0.6) is 0 Å². The molecule has 0 aliphatic carbocycles. The average molecular weight is 242 g/mol. The normalized spacial score (nSPS) is 24.0. The van der Waals surface area contributed by atoms with Crippen molar-refractivity contribution in [2.75, 3.05) is 44.2 Å². The monoisotopic (exact) mass is 242 g/mol. The molecule has 2 aliphatic rings. The first kappa shape index (κ1) is 12.7. The molecule has 0 saturated carbocycles. The van der Waals surface area contributed by atoms with Crippen LogP contribution in [0, 0.1) is 5.92 Å². The lowest BCUT2D eigenvalue weighted by Crippen LogP contribution is -2.31. The predicted octanol–water partition coefficient (Wildman–Crippen LogP) is 2.21. The van der Waals surface area contributed by atoms with Crippen LogP contribution in [0.2, 0.25) is 0 Å². The van der Waals surface area contributed by atoms with E-state index >= 15 is 0 Å². The fraction of sp³-hybridized carbons (Fsp3) is 1.00. The molecule has 1 N–H and O–H groups in total. The summed E-state index contributed by atoms with van der Waals surface area (Å²) < 4.78 is 0. The Morgan fingerprint density at radius 2 is 1.81 bits per heavy atom. The maximum Gasteiger partial charge on any atom is 0.0107 e. The Bertz CT molecular complexity index is 175. The van der Waals surface area contributed by atoms with Gasteiger partial charge in [0.2, 0.25) is 0 Å². The Morgan fingerprint density at radius 1 is 1.06 bits per heavy atom. The second-order valence-corrected chi connectivity index (χ2v) is 6.37. The van der Waals surface area contributed by atoms with E-state index in [0.29, 0.717) is 0 Å². The van der Waals surface area contributed by atoms with Crippen LogP contribution >= 0.6 is 11.8 Å². The molecule has 2 rings (SSSR count). The van der Waals surface area contributed by atoms with Crippen molar-refractivity contribution in [1.82, 2.24) is 10.2 Å². The van der Waals surface area contributed by atoms with Crippen LogP contribution in [-0.2, 0) is 0 Å². The first-order valence-corrected chi connectivity index (χ1v) is 8.11. The first-order chi connectivity index (χ1) is 7.95. The minimum absolute atomic E-state index is 1.01. The van der Waals surface area contributed by atoms with Crippen LogP contribution in [0.25, 0.3) is 0 Å². The molecule has 0 amide bonds. The van der Waals surface area contributed by atoms with Gasteiger partial charge in [0.1, 0.15) is 0 Å². The molecule has 3 heteroatoms. The molecule has 2 fully saturated rings. The summed E-state index contributed by atoms with van der Waals surface area (Å²) in [4.78, 5) is 2.59. The van der Waals surface area contributed by atoms with Gasteiger partial charge in [-0.15, -0.1) is 0 Å². The van der Waals surface area contributed by atoms with E-state index in [4.69, 9.17) is 0 Å². The summed E-state index contributed by atoms with van der Waals surface area (Å²) in [5.74, 6) is 3.82. The van der Waals surface area contributed by atoms with Gasteiger partial charge in [-0.25, -0.2) is 0 Å². The number of likely N-dealkylation sites (tertiary alicyclic amines) is 1. The molecule has 2 nitrogen and oxygen atoms in total. The summed E-state index contributed by atoms with van der Waals surface area (Å²) in [6.07, 6.45) is 7.15. The molecule has 0 bridgehead atoms. The highest BCUT2D eigenvalue weighted by Gasteiger charge is 2.13. The molecule has 2 saturated heterocycles. The summed E-state index contributed by atoms with van der Waals surface area (Å²) in [5, 5.41) is 3.61. The lowest BCUT2D eigenvalue weighted by molar-refractivity contribution is 0.332. The molecular weight excluding hydrogens is 216 g/mol. The van der Waals surface area contributed by atoms with Gasteiger partial charge in [0.05, 0.1) is 0 Å². The van der Waals surface area contributed by atoms with Gasteiger partial charge in [0.15, 0.2) is 0 Å². The summed E-state index contributed by atoms with van der Waals surface area (Å²) in [6.45, 7) is 6.37. The van der Waals surface area contributed by atoms with Crippen molar-refractivity contribution in [3.63, 3.8) is 0 Å². The maximum absolute atomic E-state index is 3.61. The van der Waals surface area contributed by atoms with Crippen molar-refractivity contribution in [2.45, 2.75) is 32.1 Å². The van der Waals surface area contributed by atoms with E-state index in [1.807, 2.05) is 0 Å². The molecule has 0 aromatic rings. The van der Waals surface area contributed by atoms with Crippen LogP contribution < -0.4 is 5.32 Å². The van der Waals surface area contributed by atoms with E-state index in [-0.39, 0.29) is 0 Å². The molecule has 2 heterocycles. The van der Waals surface area contributed by atoms with Crippen LogP contribution in [0.3, 0.4) is 0 Å². The van der Waals surface area contributed by atoms with E-state index < -0.39 is 0 Å². The van der Waals surface area contributed by atoms with Crippen molar-refractivity contribution in [3.8, 4) is 0 Å². The van der Waals surface area contributed by atoms with Crippen LogP contribution in [0.1, 0.15) is 32.1 Å². The third-order valence-electron chi connectivity index (χ3n) is 3.87. The van der Waals surface area contributed by atoms with Gasteiger partial charge in [0, 0.05) is 13.1 Å². The topological polar surface area (TPSA) is 15.3 Å². The number of nitrogens with zero attached hydrogens (tertiary/aromatic N) is 1. The molecule has 2 aliphatic heterocycles. The van der Waals surface area contributed by atoms with Crippen LogP contribution in [0.4, 0.5) is 0 Å². The highest BCUT2D eigenvalue weighted by molar-refractivity contribution is 7.99. The zero-order valence-electron chi connectivity index (χ0n) is 10.4. The van der Waals surface area contributed by atoms with Crippen molar-refractivity contribution in [3.05, 3.63) is 0 Å². The zero-order valence-corrected chi connectivity index (χ0v) is 11.2. The third-order valence-corrected chi connectivity index (χ3v) is 4.92. The van der Waals surface area contributed by atoms with Gasteiger partial charge >= 0.3 is 0 Å². The minimum Gasteiger partial charge on any atom is -0.315 e. The summed E-state index contributed by atoms with van der Waals surface area (Å²) in [6, 6.07) is 0. The molecule has 0 unspecified atom stereocenters. The van der Waals surface area contributed by atoms with E-state index in [9.17, 15) is 0 Å². The number of thioether (sulfide) groups is 1. The van der Waals surface area contributed by atoms with Crippen molar-refractivity contribution in [1.29, 1.82) is 0 Å². The number of hydrogen-bond acceptors (Lipinski definition) is 3. The number of hydrogen-bond donors (Lipinski definition) is 1.